The van der Waals surface area contributed by atoms with Gasteiger partial charge in [0.2, 0.25) is 5.91 Å². The highest BCUT2D eigenvalue weighted by molar-refractivity contribution is 5.74. The summed E-state index contributed by atoms with van der Waals surface area (Å²) < 4.78 is 5.77. The van der Waals surface area contributed by atoms with E-state index in [2.05, 4.69) is 6.07 Å². The van der Waals surface area contributed by atoms with Crippen LogP contribution in [-0.4, -0.2) is 12.0 Å². The average molecular weight is 221 g/mol. The van der Waals surface area contributed by atoms with E-state index in [1.54, 1.807) is 0 Å². The maximum Gasteiger partial charge on any atom is 0.221 e. The zero-order chi connectivity index (χ0) is 12.3. The molecule has 3 nitrogen and oxygen atoms in total. The van der Waals surface area contributed by atoms with Gasteiger partial charge >= 0.3 is 0 Å². The standard InChI is InChI=1S/C13H19NO2/c1-8-5-6-9(2)13(11(8)4)16-10(3)7-12(14)15/h5-6,10H,7H2,1-4H3,(H2,14,15). The Labute approximate surface area is 96.6 Å². The van der Waals surface area contributed by atoms with E-state index in [9.17, 15) is 4.79 Å². The van der Waals surface area contributed by atoms with Gasteiger partial charge in [-0.3, -0.25) is 4.79 Å². The predicted molar refractivity (Wildman–Crippen MR) is 64.6 cm³/mol. The Bertz CT molecular complexity index is 399. The number of aryl methyl sites for hydroxylation is 2. The van der Waals surface area contributed by atoms with Crippen molar-refractivity contribution < 1.29 is 9.53 Å². The van der Waals surface area contributed by atoms with Crippen LogP contribution in [0, 0.1) is 20.8 Å². The number of primary amides is 1. The molecule has 2 N–H and O–H groups in total. The van der Waals surface area contributed by atoms with Crippen molar-refractivity contribution in [2.24, 2.45) is 5.73 Å². The molecule has 0 fully saturated rings. The third-order valence-electron chi connectivity index (χ3n) is 2.68. The van der Waals surface area contributed by atoms with Crippen LogP contribution in [0.25, 0.3) is 0 Å². The molecule has 0 saturated carbocycles. The number of hydrogen-bond acceptors (Lipinski definition) is 2. The minimum atomic E-state index is -0.338. The SMILES string of the molecule is Cc1ccc(C)c(OC(C)CC(N)=O)c1C. The molecule has 1 unspecified atom stereocenters. The molecule has 0 aliphatic rings. The second-order valence-electron chi connectivity index (χ2n) is 4.25. The van der Waals surface area contributed by atoms with Gasteiger partial charge in [0, 0.05) is 0 Å². The number of ether oxygens (including phenoxy) is 1. The van der Waals surface area contributed by atoms with Gasteiger partial charge in [-0.05, 0) is 44.4 Å². The van der Waals surface area contributed by atoms with Gasteiger partial charge in [-0.2, -0.15) is 0 Å². The fraction of sp³-hybridized carbons (Fsp3) is 0.462. The molecule has 3 heteroatoms. The normalized spacial score (nSPS) is 12.2. The van der Waals surface area contributed by atoms with Crippen LogP contribution < -0.4 is 10.5 Å². The number of carbonyl (C=O) groups excluding carboxylic acids is 1. The van der Waals surface area contributed by atoms with Crippen molar-refractivity contribution in [3.8, 4) is 5.75 Å². The lowest BCUT2D eigenvalue weighted by Crippen LogP contribution is -2.22. The molecule has 1 amide bonds. The zero-order valence-electron chi connectivity index (χ0n) is 10.3. The highest BCUT2D eigenvalue weighted by atomic mass is 16.5. The van der Waals surface area contributed by atoms with Gasteiger partial charge in [-0.25, -0.2) is 0 Å². The molecule has 0 radical (unpaired) electrons. The molecule has 0 aliphatic heterocycles. The average Bonchev–Trinajstić information content (AvgIpc) is 2.17. The minimum Gasteiger partial charge on any atom is -0.490 e. The summed E-state index contributed by atoms with van der Waals surface area (Å²) in [5.41, 5.74) is 8.53. The molecule has 0 heterocycles. The summed E-state index contributed by atoms with van der Waals surface area (Å²) in [6.07, 6.45) is 0.0593. The van der Waals surface area contributed by atoms with Crippen LogP contribution in [0.15, 0.2) is 12.1 Å². The summed E-state index contributed by atoms with van der Waals surface area (Å²) in [7, 11) is 0. The van der Waals surface area contributed by atoms with Crippen LogP contribution in [0.1, 0.15) is 30.0 Å². The molecule has 0 bridgehead atoms. The smallest absolute Gasteiger partial charge is 0.221 e. The van der Waals surface area contributed by atoms with E-state index < -0.39 is 0 Å². The summed E-state index contributed by atoms with van der Waals surface area (Å²) in [6.45, 7) is 7.92. The molecule has 16 heavy (non-hydrogen) atoms. The number of nitrogens with two attached hydrogens (primary N) is 1. The van der Waals surface area contributed by atoms with E-state index in [0.717, 1.165) is 16.9 Å². The lowest BCUT2D eigenvalue weighted by atomic mass is 10.1. The molecule has 1 rings (SSSR count). The monoisotopic (exact) mass is 221 g/mol. The van der Waals surface area contributed by atoms with E-state index in [-0.39, 0.29) is 18.4 Å². The van der Waals surface area contributed by atoms with E-state index in [1.165, 1.54) is 5.56 Å². The molecular weight excluding hydrogens is 202 g/mol. The van der Waals surface area contributed by atoms with Crippen LogP contribution in [0.3, 0.4) is 0 Å². The Balaban J connectivity index is 2.88. The second kappa shape index (κ2) is 5.01. The zero-order valence-corrected chi connectivity index (χ0v) is 10.3. The lowest BCUT2D eigenvalue weighted by molar-refractivity contribution is -0.119. The van der Waals surface area contributed by atoms with E-state index in [4.69, 9.17) is 10.5 Å². The van der Waals surface area contributed by atoms with E-state index in [0.29, 0.717) is 0 Å². The van der Waals surface area contributed by atoms with Crippen molar-refractivity contribution in [1.29, 1.82) is 0 Å². The fourth-order valence-electron chi connectivity index (χ4n) is 1.63. The first kappa shape index (κ1) is 12.6. The van der Waals surface area contributed by atoms with Gasteiger partial charge in [0.15, 0.2) is 0 Å². The number of benzene rings is 1. The van der Waals surface area contributed by atoms with Crippen molar-refractivity contribution in [1.82, 2.24) is 0 Å². The summed E-state index contributed by atoms with van der Waals surface area (Å²) in [4.78, 5) is 10.8. The first-order valence-electron chi connectivity index (χ1n) is 5.43. The molecule has 0 aromatic heterocycles. The van der Waals surface area contributed by atoms with Crippen molar-refractivity contribution in [2.75, 3.05) is 0 Å². The molecule has 0 aliphatic carbocycles. The molecule has 88 valence electrons. The molecule has 0 saturated heterocycles. The Morgan fingerprint density at radius 1 is 1.31 bits per heavy atom. The van der Waals surface area contributed by atoms with E-state index >= 15 is 0 Å². The third-order valence-corrected chi connectivity index (χ3v) is 2.68. The van der Waals surface area contributed by atoms with Gasteiger partial charge in [-0.1, -0.05) is 12.1 Å². The fourth-order valence-corrected chi connectivity index (χ4v) is 1.63. The van der Waals surface area contributed by atoms with Gasteiger partial charge in [-0.15, -0.1) is 0 Å². The third kappa shape index (κ3) is 2.99. The molecule has 0 spiro atoms. The lowest BCUT2D eigenvalue weighted by Gasteiger charge is -2.18. The van der Waals surface area contributed by atoms with E-state index in [1.807, 2.05) is 33.8 Å². The van der Waals surface area contributed by atoms with Gasteiger partial charge in [0.05, 0.1) is 6.42 Å². The summed E-state index contributed by atoms with van der Waals surface area (Å²) in [5.74, 6) is 0.532. The van der Waals surface area contributed by atoms with Crippen LogP contribution in [0.2, 0.25) is 0 Å². The summed E-state index contributed by atoms with van der Waals surface area (Å²) in [5, 5.41) is 0. The quantitative estimate of drug-likeness (QED) is 0.847. The van der Waals surface area contributed by atoms with Crippen molar-refractivity contribution in [3.05, 3.63) is 28.8 Å². The van der Waals surface area contributed by atoms with Gasteiger partial charge in [0.1, 0.15) is 11.9 Å². The van der Waals surface area contributed by atoms with Gasteiger partial charge in [0.25, 0.3) is 0 Å². The number of amides is 1. The van der Waals surface area contributed by atoms with Crippen LogP contribution in [-0.2, 0) is 4.79 Å². The Hall–Kier alpha value is -1.51. The Kier molecular flexibility index (Phi) is 3.93. The first-order chi connectivity index (χ1) is 7.41. The maximum atomic E-state index is 10.8. The van der Waals surface area contributed by atoms with Crippen LogP contribution in [0.4, 0.5) is 0 Å². The summed E-state index contributed by atoms with van der Waals surface area (Å²) in [6, 6.07) is 4.09. The topological polar surface area (TPSA) is 52.3 Å². The second-order valence-corrected chi connectivity index (χ2v) is 4.25. The molecular formula is C13H19NO2. The van der Waals surface area contributed by atoms with Gasteiger partial charge < -0.3 is 10.5 Å². The largest absolute Gasteiger partial charge is 0.490 e. The Morgan fingerprint density at radius 3 is 2.44 bits per heavy atom. The number of hydrogen-bond donors (Lipinski definition) is 1. The number of carbonyl (C=O) groups is 1. The number of rotatable bonds is 4. The first-order valence-corrected chi connectivity index (χ1v) is 5.43. The van der Waals surface area contributed by atoms with Crippen molar-refractivity contribution in [2.45, 2.75) is 40.2 Å². The highest BCUT2D eigenvalue weighted by Crippen LogP contribution is 2.27. The highest BCUT2D eigenvalue weighted by Gasteiger charge is 2.12. The van der Waals surface area contributed by atoms with Crippen LogP contribution in [0.5, 0.6) is 5.75 Å². The molecule has 1 aromatic carbocycles. The molecule has 1 aromatic rings. The minimum absolute atomic E-state index is 0.184. The molecule has 1 atom stereocenters. The van der Waals surface area contributed by atoms with Crippen molar-refractivity contribution in [3.63, 3.8) is 0 Å². The van der Waals surface area contributed by atoms with Crippen LogP contribution >= 0.6 is 0 Å². The van der Waals surface area contributed by atoms with Crippen molar-refractivity contribution >= 4 is 5.91 Å². The maximum absolute atomic E-state index is 10.8. The predicted octanol–water partition coefficient (Wildman–Crippen LogP) is 2.25. The summed E-state index contributed by atoms with van der Waals surface area (Å²) >= 11 is 0. The Morgan fingerprint density at radius 2 is 1.88 bits per heavy atom.